The molecular formula is C8H19NO2S. The van der Waals surface area contributed by atoms with E-state index in [0.717, 1.165) is 12.8 Å². The molecule has 0 heterocycles. The zero-order chi connectivity index (χ0) is 9.61. The number of hydrogen-bond acceptors (Lipinski definition) is 2. The van der Waals surface area contributed by atoms with Crippen LogP contribution in [0.2, 0.25) is 0 Å². The van der Waals surface area contributed by atoms with Gasteiger partial charge in [0.15, 0.2) is 0 Å². The molecule has 0 radical (unpaired) electrons. The molecule has 0 fully saturated rings. The Labute approximate surface area is 75.6 Å². The summed E-state index contributed by atoms with van der Waals surface area (Å²) < 4.78 is 24.1. The Bertz CT molecular complexity index is 199. The van der Waals surface area contributed by atoms with Gasteiger partial charge in [0.05, 0.1) is 6.26 Å². The van der Waals surface area contributed by atoms with Crippen LogP contribution in [0, 0.1) is 0 Å². The van der Waals surface area contributed by atoms with Gasteiger partial charge >= 0.3 is 0 Å². The van der Waals surface area contributed by atoms with Crippen molar-refractivity contribution in [2.45, 2.75) is 45.6 Å². The fourth-order valence-electron chi connectivity index (χ4n) is 1.12. The van der Waals surface area contributed by atoms with Crippen LogP contribution in [0.5, 0.6) is 0 Å². The SMILES string of the molecule is CCCCCC(C)NS(C)(=O)=O. The normalized spacial score (nSPS) is 14.6. The average Bonchev–Trinajstić information content (AvgIpc) is 1.84. The molecule has 1 N–H and O–H groups in total. The summed E-state index contributed by atoms with van der Waals surface area (Å²) in [5, 5.41) is 0. The third-order valence-electron chi connectivity index (χ3n) is 1.66. The molecule has 0 aliphatic heterocycles. The monoisotopic (exact) mass is 193 g/mol. The van der Waals surface area contributed by atoms with Crippen molar-refractivity contribution in [2.75, 3.05) is 6.26 Å². The van der Waals surface area contributed by atoms with Gasteiger partial charge < -0.3 is 0 Å². The summed E-state index contributed by atoms with van der Waals surface area (Å²) in [6.07, 6.45) is 5.58. The predicted molar refractivity (Wildman–Crippen MR) is 51.6 cm³/mol. The lowest BCUT2D eigenvalue weighted by Crippen LogP contribution is -2.31. The van der Waals surface area contributed by atoms with Crippen molar-refractivity contribution in [3.8, 4) is 0 Å². The van der Waals surface area contributed by atoms with E-state index in [4.69, 9.17) is 0 Å². The molecule has 0 spiro atoms. The molecule has 74 valence electrons. The molecule has 4 heteroatoms. The maximum absolute atomic E-state index is 10.8. The van der Waals surface area contributed by atoms with Crippen LogP contribution in [0.3, 0.4) is 0 Å². The first-order valence-corrected chi connectivity index (χ1v) is 6.32. The Morgan fingerprint density at radius 1 is 1.33 bits per heavy atom. The maximum Gasteiger partial charge on any atom is 0.208 e. The van der Waals surface area contributed by atoms with Crippen LogP contribution in [0.4, 0.5) is 0 Å². The van der Waals surface area contributed by atoms with E-state index < -0.39 is 10.0 Å². The molecular weight excluding hydrogens is 174 g/mol. The van der Waals surface area contributed by atoms with Gasteiger partial charge in [-0.2, -0.15) is 0 Å². The van der Waals surface area contributed by atoms with Crippen LogP contribution < -0.4 is 4.72 Å². The topological polar surface area (TPSA) is 46.2 Å². The Morgan fingerprint density at radius 2 is 1.92 bits per heavy atom. The highest BCUT2D eigenvalue weighted by Gasteiger charge is 2.06. The number of sulfonamides is 1. The van der Waals surface area contributed by atoms with Gasteiger partial charge in [0.1, 0.15) is 0 Å². The van der Waals surface area contributed by atoms with Gasteiger partial charge in [0, 0.05) is 6.04 Å². The highest BCUT2D eigenvalue weighted by Crippen LogP contribution is 2.03. The summed E-state index contributed by atoms with van der Waals surface area (Å²) in [7, 11) is -3.01. The van der Waals surface area contributed by atoms with Gasteiger partial charge in [0.2, 0.25) is 10.0 Å². The lowest BCUT2D eigenvalue weighted by atomic mass is 10.1. The molecule has 0 aromatic heterocycles. The van der Waals surface area contributed by atoms with E-state index in [1.165, 1.54) is 19.1 Å². The minimum absolute atomic E-state index is 0.0755. The van der Waals surface area contributed by atoms with Crippen molar-refractivity contribution in [1.29, 1.82) is 0 Å². The second kappa shape index (κ2) is 5.54. The van der Waals surface area contributed by atoms with Crippen LogP contribution in [0.1, 0.15) is 39.5 Å². The summed E-state index contributed by atoms with van der Waals surface area (Å²) >= 11 is 0. The van der Waals surface area contributed by atoms with Gasteiger partial charge in [-0.1, -0.05) is 26.2 Å². The number of unbranched alkanes of at least 4 members (excludes halogenated alkanes) is 2. The van der Waals surface area contributed by atoms with Crippen molar-refractivity contribution in [3.63, 3.8) is 0 Å². The highest BCUT2D eigenvalue weighted by atomic mass is 32.2. The van der Waals surface area contributed by atoms with E-state index in [2.05, 4.69) is 11.6 Å². The molecule has 0 rings (SSSR count). The summed E-state index contributed by atoms with van der Waals surface area (Å²) in [6, 6.07) is 0.0755. The molecule has 0 bridgehead atoms. The molecule has 0 saturated carbocycles. The van der Waals surface area contributed by atoms with Crippen LogP contribution in [0.15, 0.2) is 0 Å². The third kappa shape index (κ3) is 8.01. The lowest BCUT2D eigenvalue weighted by Gasteiger charge is -2.10. The molecule has 3 nitrogen and oxygen atoms in total. The molecule has 1 atom stereocenters. The van der Waals surface area contributed by atoms with E-state index >= 15 is 0 Å². The van der Waals surface area contributed by atoms with Crippen molar-refractivity contribution in [3.05, 3.63) is 0 Å². The van der Waals surface area contributed by atoms with Gasteiger partial charge in [0.25, 0.3) is 0 Å². The molecule has 0 aromatic rings. The fourth-order valence-corrected chi connectivity index (χ4v) is 1.97. The molecule has 0 aliphatic carbocycles. The first kappa shape index (κ1) is 11.9. The third-order valence-corrected chi connectivity index (χ3v) is 2.49. The molecule has 0 amide bonds. The Hall–Kier alpha value is -0.0900. The minimum Gasteiger partial charge on any atom is -0.213 e. The number of nitrogens with one attached hydrogen (secondary N) is 1. The second-order valence-electron chi connectivity index (χ2n) is 3.29. The molecule has 12 heavy (non-hydrogen) atoms. The van der Waals surface area contributed by atoms with Gasteiger partial charge in [-0.15, -0.1) is 0 Å². The first-order chi connectivity index (χ1) is 5.45. The second-order valence-corrected chi connectivity index (χ2v) is 5.07. The predicted octanol–water partition coefficient (Wildman–Crippen LogP) is 1.50. The van der Waals surface area contributed by atoms with E-state index in [1.807, 2.05) is 6.92 Å². The Morgan fingerprint density at radius 3 is 2.33 bits per heavy atom. The molecule has 0 aliphatic rings. The standard InChI is InChI=1S/C8H19NO2S/c1-4-5-6-7-8(2)9-12(3,10)11/h8-9H,4-7H2,1-3H3. The largest absolute Gasteiger partial charge is 0.213 e. The van der Waals surface area contributed by atoms with Crippen LogP contribution in [-0.4, -0.2) is 20.7 Å². The summed E-state index contributed by atoms with van der Waals surface area (Å²) in [4.78, 5) is 0. The fraction of sp³-hybridized carbons (Fsp3) is 1.00. The lowest BCUT2D eigenvalue weighted by molar-refractivity contribution is 0.531. The van der Waals surface area contributed by atoms with E-state index in [9.17, 15) is 8.42 Å². The zero-order valence-electron chi connectivity index (χ0n) is 8.13. The quantitative estimate of drug-likeness (QED) is 0.650. The van der Waals surface area contributed by atoms with E-state index in [1.54, 1.807) is 0 Å². The molecule has 1 unspecified atom stereocenters. The minimum atomic E-state index is -3.01. The van der Waals surface area contributed by atoms with Gasteiger partial charge in [-0.3, -0.25) is 0 Å². The Balaban J connectivity index is 3.53. The van der Waals surface area contributed by atoms with Crippen LogP contribution in [0.25, 0.3) is 0 Å². The maximum atomic E-state index is 10.8. The van der Waals surface area contributed by atoms with Gasteiger partial charge in [-0.05, 0) is 13.3 Å². The first-order valence-electron chi connectivity index (χ1n) is 4.43. The van der Waals surface area contributed by atoms with Crippen LogP contribution in [-0.2, 0) is 10.0 Å². The summed E-state index contributed by atoms with van der Waals surface area (Å²) in [6.45, 7) is 4.03. The smallest absolute Gasteiger partial charge is 0.208 e. The van der Waals surface area contributed by atoms with E-state index in [0.29, 0.717) is 0 Å². The van der Waals surface area contributed by atoms with Crippen LogP contribution >= 0.6 is 0 Å². The van der Waals surface area contributed by atoms with Crippen molar-refractivity contribution < 1.29 is 8.42 Å². The molecule has 0 saturated heterocycles. The number of hydrogen-bond donors (Lipinski definition) is 1. The number of rotatable bonds is 6. The summed E-state index contributed by atoms with van der Waals surface area (Å²) in [5.74, 6) is 0. The molecule has 0 aromatic carbocycles. The summed E-state index contributed by atoms with van der Waals surface area (Å²) in [5.41, 5.74) is 0. The van der Waals surface area contributed by atoms with Gasteiger partial charge in [-0.25, -0.2) is 13.1 Å². The highest BCUT2D eigenvalue weighted by molar-refractivity contribution is 7.88. The van der Waals surface area contributed by atoms with E-state index in [-0.39, 0.29) is 6.04 Å². The van der Waals surface area contributed by atoms with Crippen molar-refractivity contribution >= 4 is 10.0 Å². The van der Waals surface area contributed by atoms with Crippen molar-refractivity contribution in [2.24, 2.45) is 0 Å². The van der Waals surface area contributed by atoms with Crippen molar-refractivity contribution in [1.82, 2.24) is 4.72 Å². The average molecular weight is 193 g/mol. The zero-order valence-corrected chi connectivity index (χ0v) is 8.95. The Kier molecular flexibility index (Phi) is 5.50.